The first-order valence-corrected chi connectivity index (χ1v) is 8.16. The highest BCUT2D eigenvalue weighted by Crippen LogP contribution is 2.34. The maximum absolute atomic E-state index is 12.1. The predicted octanol–water partition coefficient (Wildman–Crippen LogP) is 2.04. The second kappa shape index (κ2) is 6.90. The summed E-state index contributed by atoms with van der Waals surface area (Å²) in [6.07, 6.45) is 6.39. The summed E-state index contributed by atoms with van der Waals surface area (Å²) in [5.74, 6) is 1.70. The van der Waals surface area contributed by atoms with Gasteiger partial charge in [0.25, 0.3) is 0 Å². The van der Waals surface area contributed by atoms with Crippen molar-refractivity contribution < 1.29 is 9.53 Å². The van der Waals surface area contributed by atoms with Crippen LogP contribution in [0.15, 0.2) is 0 Å². The van der Waals surface area contributed by atoms with Gasteiger partial charge in [0.15, 0.2) is 0 Å². The normalized spacial score (nSPS) is 21.8. The minimum Gasteiger partial charge on any atom is -0.465 e. The SMILES string of the molecule is CCOC(=O)C(C)(CCN(CC1CC1)CC1CC1)NC. The lowest BCUT2D eigenvalue weighted by Gasteiger charge is -2.30. The van der Waals surface area contributed by atoms with E-state index >= 15 is 0 Å². The number of rotatable bonds is 10. The Morgan fingerprint density at radius 2 is 1.80 bits per heavy atom. The average molecular weight is 282 g/mol. The van der Waals surface area contributed by atoms with Crippen molar-refractivity contribution in [2.75, 3.05) is 33.3 Å². The summed E-state index contributed by atoms with van der Waals surface area (Å²) in [5, 5.41) is 3.16. The smallest absolute Gasteiger partial charge is 0.326 e. The van der Waals surface area contributed by atoms with Crippen LogP contribution in [-0.4, -0.2) is 49.7 Å². The lowest BCUT2D eigenvalue weighted by atomic mass is 9.97. The van der Waals surface area contributed by atoms with Crippen molar-refractivity contribution in [3.8, 4) is 0 Å². The molecule has 0 radical (unpaired) electrons. The van der Waals surface area contributed by atoms with Crippen molar-refractivity contribution in [2.24, 2.45) is 11.8 Å². The van der Waals surface area contributed by atoms with Crippen LogP contribution in [0.3, 0.4) is 0 Å². The molecule has 4 heteroatoms. The molecule has 2 fully saturated rings. The zero-order valence-electron chi connectivity index (χ0n) is 13.3. The summed E-state index contributed by atoms with van der Waals surface area (Å²) in [7, 11) is 1.85. The number of nitrogens with zero attached hydrogens (tertiary/aromatic N) is 1. The minimum atomic E-state index is -0.554. The topological polar surface area (TPSA) is 41.6 Å². The van der Waals surface area contributed by atoms with Crippen LogP contribution < -0.4 is 5.32 Å². The van der Waals surface area contributed by atoms with Crippen molar-refractivity contribution in [1.82, 2.24) is 10.2 Å². The molecule has 0 aromatic carbocycles. The van der Waals surface area contributed by atoms with E-state index in [2.05, 4.69) is 10.2 Å². The largest absolute Gasteiger partial charge is 0.465 e. The second-order valence-corrected chi connectivity index (χ2v) is 6.70. The molecule has 116 valence electrons. The number of carbonyl (C=O) groups is 1. The lowest BCUT2D eigenvalue weighted by molar-refractivity contribution is -0.150. The Labute approximate surface area is 123 Å². The molecule has 0 amide bonds. The lowest BCUT2D eigenvalue weighted by Crippen LogP contribution is -2.51. The number of likely N-dealkylation sites (N-methyl/N-ethyl adjacent to an activating group) is 1. The van der Waals surface area contributed by atoms with E-state index in [9.17, 15) is 4.79 Å². The Kier molecular flexibility index (Phi) is 5.44. The van der Waals surface area contributed by atoms with Gasteiger partial charge >= 0.3 is 5.97 Å². The highest BCUT2D eigenvalue weighted by molar-refractivity contribution is 5.80. The summed E-state index contributed by atoms with van der Waals surface area (Å²) in [6.45, 7) is 7.70. The number of nitrogens with one attached hydrogen (secondary N) is 1. The molecule has 2 rings (SSSR count). The van der Waals surface area contributed by atoms with Crippen molar-refractivity contribution in [1.29, 1.82) is 0 Å². The van der Waals surface area contributed by atoms with Gasteiger partial charge in [-0.15, -0.1) is 0 Å². The monoisotopic (exact) mass is 282 g/mol. The molecule has 4 nitrogen and oxygen atoms in total. The van der Waals surface area contributed by atoms with E-state index < -0.39 is 5.54 Å². The second-order valence-electron chi connectivity index (χ2n) is 6.70. The molecule has 2 aliphatic carbocycles. The fraction of sp³-hybridized carbons (Fsp3) is 0.938. The number of carbonyl (C=O) groups excluding carboxylic acids is 1. The van der Waals surface area contributed by atoms with E-state index in [1.54, 1.807) is 0 Å². The minimum absolute atomic E-state index is 0.125. The fourth-order valence-corrected chi connectivity index (χ4v) is 2.59. The Morgan fingerprint density at radius 3 is 2.20 bits per heavy atom. The third-order valence-electron chi connectivity index (χ3n) is 4.63. The molecule has 0 saturated heterocycles. The van der Waals surface area contributed by atoms with Gasteiger partial charge in [-0.05, 0) is 64.8 Å². The Hall–Kier alpha value is -0.610. The van der Waals surface area contributed by atoms with Crippen molar-refractivity contribution in [2.45, 2.75) is 51.5 Å². The summed E-state index contributed by atoms with van der Waals surface area (Å²) in [4.78, 5) is 14.6. The highest BCUT2D eigenvalue weighted by atomic mass is 16.5. The average Bonchev–Trinajstić information content (AvgIpc) is 3.31. The first-order chi connectivity index (χ1) is 9.57. The zero-order chi connectivity index (χ0) is 14.6. The molecule has 1 unspecified atom stereocenters. The van der Waals surface area contributed by atoms with Gasteiger partial charge in [-0.1, -0.05) is 0 Å². The highest BCUT2D eigenvalue weighted by Gasteiger charge is 2.35. The third kappa shape index (κ3) is 4.74. The molecule has 0 bridgehead atoms. The quantitative estimate of drug-likeness (QED) is 0.623. The molecule has 1 atom stereocenters. The molecular formula is C16H30N2O2. The molecule has 0 aromatic rings. The Balaban J connectivity index is 1.82. The van der Waals surface area contributed by atoms with Crippen LogP contribution in [0.25, 0.3) is 0 Å². The number of hydrogen-bond donors (Lipinski definition) is 1. The molecule has 0 heterocycles. The summed E-state index contributed by atoms with van der Waals surface area (Å²) in [6, 6.07) is 0. The number of hydrogen-bond acceptors (Lipinski definition) is 4. The van der Waals surface area contributed by atoms with Crippen LogP contribution >= 0.6 is 0 Å². The first-order valence-electron chi connectivity index (χ1n) is 8.16. The van der Waals surface area contributed by atoms with Crippen molar-refractivity contribution >= 4 is 5.97 Å². The van der Waals surface area contributed by atoms with Gasteiger partial charge in [0.1, 0.15) is 5.54 Å². The third-order valence-corrected chi connectivity index (χ3v) is 4.63. The molecule has 0 aromatic heterocycles. The molecule has 0 aliphatic heterocycles. The van der Waals surface area contributed by atoms with Gasteiger partial charge in [-0.25, -0.2) is 0 Å². The molecule has 2 aliphatic rings. The van der Waals surface area contributed by atoms with Gasteiger partial charge in [0.05, 0.1) is 6.61 Å². The van der Waals surface area contributed by atoms with E-state index in [1.807, 2.05) is 20.9 Å². The summed E-state index contributed by atoms with van der Waals surface area (Å²) >= 11 is 0. The van der Waals surface area contributed by atoms with Gasteiger partial charge in [-0.2, -0.15) is 0 Å². The molecule has 1 N–H and O–H groups in total. The van der Waals surface area contributed by atoms with E-state index in [-0.39, 0.29) is 5.97 Å². The standard InChI is InChI=1S/C16H30N2O2/c1-4-20-15(19)16(2,17-3)9-10-18(11-13-5-6-13)12-14-7-8-14/h13-14,17H,4-12H2,1-3H3. The van der Waals surface area contributed by atoms with Crippen molar-refractivity contribution in [3.05, 3.63) is 0 Å². The summed E-state index contributed by atoms with van der Waals surface area (Å²) < 4.78 is 5.20. The van der Waals surface area contributed by atoms with Gasteiger partial charge in [0, 0.05) is 19.6 Å². The van der Waals surface area contributed by atoms with E-state index in [0.29, 0.717) is 6.61 Å². The van der Waals surface area contributed by atoms with Crippen LogP contribution in [0, 0.1) is 11.8 Å². The van der Waals surface area contributed by atoms with E-state index in [0.717, 1.165) is 24.8 Å². The molecule has 2 saturated carbocycles. The van der Waals surface area contributed by atoms with Gasteiger partial charge in [-0.3, -0.25) is 4.79 Å². The predicted molar refractivity (Wildman–Crippen MR) is 80.6 cm³/mol. The van der Waals surface area contributed by atoms with Crippen molar-refractivity contribution in [3.63, 3.8) is 0 Å². The molecule has 0 spiro atoms. The maximum Gasteiger partial charge on any atom is 0.326 e. The van der Waals surface area contributed by atoms with E-state index in [1.165, 1.54) is 38.8 Å². The van der Waals surface area contributed by atoms with Crippen LogP contribution in [0.1, 0.15) is 46.0 Å². The van der Waals surface area contributed by atoms with Gasteiger partial charge < -0.3 is 15.0 Å². The Morgan fingerprint density at radius 1 is 1.25 bits per heavy atom. The van der Waals surface area contributed by atoms with Crippen LogP contribution in [0.2, 0.25) is 0 Å². The zero-order valence-corrected chi connectivity index (χ0v) is 13.3. The number of esters is 1. The molecular weight excluding hydrogens is 252 g/mol. The van der Waals surface area contributed by atoms with Crippen LogP contribution in [-0.2, 0) is 9.53 Å². The van der Waals surface area contributed by atoms with Crippen LogP contribution in [0.5, 0.6) is 0 Å². The fourth-order valence-electron chi connectivity index (χ4n) is 2.59. The van der Waals surface area contributed by atoms with E-state index in [4.69, 9.17) is 4.74 Å². The number of ether oxygens (including phenoxy) is 1. The maximum atomic E-state index is 12.1. The molecule has 20 heavy (non-hydrogen) atoms. The Bertz CT molecular complexity index is 312. The van der Waals surface area contributed by atoms with Gasteiger partial charge in [0.2, 0.25) is 0 Å². The first kappa shape index (κ1) is 15.8. The van der Waals surface area contributed by atoms with Crippen LogP contribution in [0.4, 0.5) is 0 Å². The summed E-state index contributed by atoms with van der Waals surface area (Å²) in [5.41, 5.74) is -0.554.